The lowest BCUT2D eigenvalue weighted by molar-refractivity contribution is -0.115. The summed E-state index contributed by atoms with van der Waals surface area (Å²) in [7, 11) is -3.06. The summed E-state index contributed by atoms with van der Waals surface area (Å²) >= 11 is 0. The van der Waals surface area contributed by atoms with Crippen LogP contribution in [0.5, 0.6) is 0 Å². The molecule has 0 bridgehead atoms. The van der Waals surface area contributed by atoms with E-state index < -0.39 is 7.60 Å². The summed E-state index contributed by atoms with van der Waals surface area (Å²) in [4.78, 5) is 12.5. The molecule has 0 aliphatic carbocycles. The highest BCUT2D eigenvalue weighted by Crippen LogP contribution is 2.53. The number of amides is 1. The van der Waals surface area contributed by atoms with Gasteiger partial charge in [0.05, 0.1) is 32.0 Å². The second-order valence-corrected chi connectivity index (χ2v) is 8.81. The van der Waals surface area contributed by atoms with E-state index in [4.69, 9.17) is 13.6 Å². The van der Waals surface area contributed by atoms with E-state index in [1.807, 2.05) is 42.5 Å². The van der Waals surface area contributed by atoms with Crippen molar-refractivity contribution in [3.05, 3.63) is 71.9 Å². The average molecular weight is 412 g/mol. The fourth-order valence-electron chi connectivity index (χ4n) is 3.10. The Balaban J connectivity index is 1.37. The van der Waals surface area contributed by atoms with Gasteiger partial charge in [-0.25, -0.2) is 0 Å². The Labute approximate surface area is 168 Å². The van der Waals surface area contributed by atoms with E-state index in [1.54, 1.807) is 18.3 Å². The first-order valence-electron chi connectivity index (χ1n) is 9.37. The quantitative estimate of drug-likeness (QED) is 0.593. The zero-order valence-corrected chi connectivity index (χ0v) is 16.6. The van der Waals surface area contributed by atoms with Gasteiger partial charge in [-0.1, -0.05) is 47.6 Å². The second-order valence-electron chi connectivity index (χ2n) is 6.76. The van der Waals surface area contributed by atoms with Crippen LogP contribution in [0.1, 0.15) is 17.5 Å². The van der Waals surface area contributed by atoms with Crippen LogP contribution in [0.25, 0.3) is 11.3 Å². The maximum Gasteiger partial charge on any atom is 0.335 e. The molecule has 1 amide bonds. The maximum absolute atomic E-state index is 12.5. The van der Waals surface area contributed by atoms with Gasteiger partial charge < -0.3 is 18.9 Å². The van der Waals surface area contributed by atoms with Crippen molar-refractivity contribution in [2.75, 3.05) is 18.5 Å². The molecule has 29 heavy (non-hydrogen) atoms. The molecule has 1 fully saturated rings. The van der Waals surface area contributed by atoms with Crippen LogP contribution in [0.15, 0.2) is 65.3 Å². The highest BCUT2D eigenvalue weighted by atomic mass is 31.2. The van der Waals surface area contributed by atoms with Crippen molar-refractivity contribution in [1.29, 1.82) is 0 Å². The number of hydrogen-bond acceptors (Lipinski definition) is 6. The van der Waals surface area contributed by atoms with Crippen molar-refractivity contribution in [2.24, 2.45) is 0 Å². The molecular formula is C21H21N2O5P. The number of hydrogen-bond donors (Lipinski definition) is 1. The Morgan fingerprint density at radius 2 is 1.76 bits per heavy atom. The monoisotopic (exact) mass is 412 g/mol. The summed E-state index contributed by atoms with van der Waals surface area (Å²) in [6, 6.07) is 16.7. The van der Waals surface area contributed by atoms with Crippen LogP contribution in [0.2, 0.25) is 0 Å². The van der Waals surface area contributed by atoms with Gasteiger partial charge in [-0.3, -0.25) is 9.36 Å². The Hall–Kier alpha value is -2.73. The van der Waals surface area contributed by atoms with Crippen LogP contribution < -0.4 is 5.32 Å². The van der Waals surface area contributed by atoms with E-state index in [9.17, 15) is 9.36 Å². The average Bonchev–Trinajstić information content (AvgIpc) is 3.18. The number of aromatic nitrogens is 1. The van der Waals surface area contributed by atoms with Gasteiger partial charge in [0.15, 0.2) is 5.76 Å². The number of carbonyl (C=O) groups excluding carboxylic acids is 1. The molecule has 1 N–H and O–H groups in total. The van der Waals surface area contributed by atoms with Gasteiger partial charge in [-0.05, 0) is 24.1 Å². The van der Waals surface area contributed by atoms with Gasteiger partial charge >= 0.3 is 7.60 Å². The standard InChI is InChI=1S/C21H21N2O5P/c24-20(13-18-14-22-28-21(18)17-5-2-1-3-6-17)23-19-9-7-16(8-10-19)15-29(25)26-11-4-12-27-29/h1-3,5-10,14H,4,11-13,15H2,(H,23,24). The fraction of sp³-hybridized carbons (Fsp3) is 0.238. The molecule has 3 aromatic rings. The highest BCUT2D eigenvalue weighted by Gasteiger charge is 2.28. The van der Waals surface area contributed by atoms with Crippen molar-refractivity contribution in [2.45, 2.75) is 19.0 Å². The normalized spacial score (nSPS) is 15.7. The zero-order chi connectivity index (χ0) is 20.1. The molecule has 1 saturated heterocycles. The first-order valence-corrected chi connectivity index (χ1v) is 11.1. The van der Waals surface area contributed by atoms with Crippen molar-refractivity contribution in [3.63, 3.8) is 0 Å². The Morgan fingerprint density at radius 1 is 1.03 bits per heavy atom. The van der Waals surface area contributed by atoms with Gasteiger partial charge in [-0.15, -0.1) is 0 Å². The summed E-state index contributed by atoms with van der Waals surface area (Å²) in [5.41, 5.74) is 3.08. The summed E-state index contributed by atoms with van der Waals surface area (Å²) in [5.74, 6) is 0.415. The lowest BCUT2D eigenvalue weighted by Gasteiger charge is -2.22. The van der Waals surface area contributed by atoms with E-state index >= 15 is 0 Å². The number of rotatable bonds is 6. The minimum absolute atomic E-state index is 0.145. The smallest absolute Gasteiger partial charge is 0.335 e. The van der Waals surface area contributed by atoms with Gasteiger partial charge in [0.1, 0.15) is 0 Å². The zero-order valence-electron chi connectivity index (χ0n) is 15.7. The molecule has 7 nitrogen and oxygen atoms in total. The Kier molecular flexibility index (Phi) is 5.90. The first kappa shape index (κ1) is 19.6. The van der Waals surface area contributed by atoms with Crippen LogP contribution in [-0.4, -0.2) is 24.3 Å². The third-order valence-corrected chi connectivity index (χ3v) is 6.41. The second kappa shape index (κ2) is 8.74. The molecule has 0 radical (unpaired) electrons. The Bertz CT molecular complexity index is 1010. The summed E-state index contributed by atoms with van der Waals surface area (Å²) in [6.07, 6.45) is 2.69. The molecule has 2 heterocycles. The molecule has 1 aromatic heterocycles. The van der Waals surface area contributed by atoms with Crippen molar-refractivity contribution in [3.8, 4) is 11.3 Å². The van der Waals surface area contributed by atoms with E-state index in [2.05, 4.69) is 10.5 Å². The molecule has 4 rings (SSSR count). The van der Waals surface area contributed by atoms with Crippen LogP contribution in [0.4, 0.5) is 5.69 Å². The van der Waals surface area contributed by atoms with Crippen LogP contribution in [0.3, 0.4) is 0 Å². The van der Waals surface area contributed by atoms with Gasteiger partial charge in [0.2, 0.25) is 5.91 Å². The predicted octanol–water partition coefficient (Wildman–Crippen LogP) is 4.65. The lowest BCUT2D eigenvalue weighted by atomic mass is 10.1. The minimum atomic E-state index is -3.06. The molecule has 150 valence electrons. The van der Waals surface area contributed by atoms with Crippen molar-refractivity contribution < 1.29 is 22.9 Å². The molecule has 1 aliphatic rings. The third-order valence-electron chi connectivity index (χ3n) is 4.51. The largest absolute Gasteiger partial charge is 0.356 e. The number of nitrogens with zero attached hydrogens (tertiary/aromatic N) is 1. The van der Waals surface area contributed by atoms with Crippen LogP contribution >= 0.6 is 7.60 Å². The molecular weight excluding hydrogens is 391 g/mol. The topological polar surface area (TPSA) is 90.7 Å². The van der Waals surface area contributed by atoms with E-state index in [0.717, 1.165) is 23.1 Å². The van der Waals surface area contributed by atoms with E-state index in [1.165, 1.54) is 0 Å². The maximum atomic E-state index is 12.5. The van der Waals surface area contributed by atoms with Crippen LogP contribution in [0, 0.1) is 0 Å². The number of benzene rings is 2. The predicted molar refractivity (Wildman–Crippen MR) is 109 cm³/mol. The molecule has 0 unspecified atom stereocenters. The van der Waals surface area contributed by atoms with Gasteiger partial charge in [0, 0.05) is 16.8 Å². The lowest BCUT2D eigenvalue weighted by Crippen LogP contribution is -2.14. The molecule has 8 heteroatoms. The Morgan fingerprint density at radius 3 is 2.48 bits per heavy atom. The summed E-state index contributed by atoms with van der Waals surface area (Å²) in [6.45, 7) is 0.915. The minimum Gasteiger partial charge on any atom is -0.356 e. The number of nitrogens with one attached hydrogen (secondary N) is 1. The number of anilines is 1. The molecule has 1 aliphatic heterocycles. The fourth-order valence-corrected chi connectivity index (χ4v) is 4.83. The van der Waals surface area contributed by atoms with Crippen molar-refractivity contribution >= 4 is 19.2 Å². The van der Waals surface area contributed by atoms with Gasteiger partial charge in [0.25, 0.3) is 0 Å². The van der Waals surface area contributed by atoms with Crippen LogP contribution in [-0.2, 0) is 31.0 Å². The molecule has 0 atom stereocenters. The summed E-state index contributed by atoms with van der Waals surface area (Å²) < 4.78 is 28.4. The molecule has 0 saturated carbocycles. The number of carbonyl (C=O) groups is 1. The third kappa shape index (κ3) is 5.01. The van der Waals surface area contributed by atoms with Gasteiger partial charge in [-0.2, -0.15) is 0 Å². The first-order chi connectivity index (χ1) is 14.1. The molecule has 2 aromatic carbocycles. The van der Waals surface area contributed by atoms with E-state index in [-0.39, 0.29) is 18.5 Å². The highest BCUT2D eigenvalue weighted by molar-refractivity contribution is 7.53. The molecule has 0 spiro atoms. The SMILES string of the molecule is O=C(Cc1cnoc1-c1ccccc1)Nc1ccc(CP2(=O)OCCCO2)cc1. The van der Waals surface area contributed by atoms with Crippen molar-refractivity contribution in [1.82, 2.24) is 5.16 Å². The summed E-state index contributed by atoms with van der Waals surface area (Å²) in [5, 5.41) is 6.69. The van der Waals surface area contributed by atoms with E-state index in [0.29, 0.717) is 24.7 Å².